The van der Waals surface area contributed by atoms with Crippen LogP contribution < -0.4 is 15.4 Å². The molecule has 2 N–H and O–H groups in total. The third-order valence-electron chi connectivity index (χ3n) is 4.14. The molecule has 0 spiro atoms. The molecule has 1 aromatic carbocycles. The van der Waals surface area contributed by atoms with Crippen LogP contribution in [0, 0.1) is 17.2 Å². The summed E-state index contributed by atoms with van der Waals surface area (Å²) in [4.78, 5) is 12.4. The van der Waals surface area contributed by atoms with E-state index in [1.54, 1.807) is 21.0 Å². The molecule has 0 saturated carbocycles. The van der Waals surface area contributed by atoms with E-state index in [4.69, 9.17) is 4.74 Å². The molecule has 1 heterocycles. The molecule has 0 aliphatic rings. The number of nitrogens with one attached hydrogen (secondary N) is 2. The molecular formula is C18H23N5O2S2. The van der Waals surface area contributed by atoms with Gasteiger partial charge >= 0.3 is 0 Å². The van der Waals surface area contributed by atoms with Gasteiger partial charge in [-0.1, -0.05) is 43.0 Å². The number of carbonyl (C=O) groups is 1. The first-order valence-electron chi connectivity index (χ1n) is 8.42. The van der Waals surface area contributed by atoms with Crippen LogP contribution in [0.4, 0.5) is 10.8 Å². The zero-order valence-corrected chi connectivity index (χ0v) is 17.6. The first-order chi connectivity index (χ1) is 12.8. The lowest BCUT2D eigenvalue weighted by Gasteiger charge is -2.28. The van der Waals surface area contributed by atoms with E-state index in [1.165, 1.54) is 23.1 Å². The van der Waals surface area contributed by atoms with Crippen LogP contribution in [0.5, 0.6) is 5.75 Å². The Morgan fingerprint density at radius 1 is 1.37 bits per heavy atom. The first-order valence-corrected chi connectivity index (χ1v) is 10.1. The Bertz CT molecular complexity index is 833. The van der Waals surface area contributed by atoms with Crippen molar-refractivity contribution in [3.63, 3.8) is 0 Å². The van der Waals surface area contributed by atoms with Crippen LogP contribution in [-0.4, -0.2) is 34.0 Å². The average Bonchev–Trinajstić information content (AvgIpc) is 3.08. The molecule has 1 aromatic heterocycles. The van der Waals surface area contributed by atoms with Gasteiger partial charge in [-0.3, -0.25) is 4.79 Å². The summed E-state index contributed by atoms with van der Waals surface area (Å²) in [5.74, 6) is 0.550. The Hall–Kier alpha value is -2.31. The van der Waals surface area contributed by atoms with Gasteiger partial charge in [0, 0.05) is 11.8 Å². The van der Waals surface area contributed by atoms with Gasteiger partial charge in [-0.2, -0.15) is 5.26 Å². The van der Waals surface area contributed by atoms with Gasteiger partial charge in [0.05, 0.1) is 18.4 Å². The number of amides is 1. The van der Waals surface area contributed by atoms with Gasteiger partial charge < -0.3 is 15.4 Å². The molecule has 9 heteroatoms. The van der Waals surface area contributed by atoms with E-state index >= 15 is 0 Å². The molecule has 2 atom stereocenters. The molecule has 0 bridgehead atoms. The Morgan fingerprint density at radius 3 is 2.74 bits per heavy atom. The number of anilines is 2. The SMILES string of the molecule is COc1cccc(Nc2nnc(S[C@@H](C)C(=O)N[C@@](C)(C#N)C(C)C)s2)c1. The Kier molecular flexibility index (Phi) is 7.05. The number of carbonyl (C=O) groups excluding carboxylic acids is 1. The van der Waals surface area contributed by atoms with Crippen LogP contribution in [0.2, 0.25) is 0 Å². The summed E-state index contributed by atoms with van der Waals surface area (Å²) in [5, 5.41) is 23.8. The van der Waals surface area contributed by atoms with E-state index in [9.17, 15) is 10.1 Å². The van der Waals surface area contributed by atoms with Crippen molar-refractivity contribution in [2.75, 3.05) is 12.4 Å². The van der Waals surface area contributed by atoms with E-state index in [1.807, 2.05) is 38.1 Å². The van der Waals surface area contributed by atoms with Crippen molar-refractivity contribution in [1.82, 2.24) is 15.5 Å². The number of hydrogen-bond acceptors (Lipinski definition) is 8. The van der Waals surface area contributed by atoms with Crippen molar-refractivity contribution in [2.45, 2.75) is 42.8 Å². The fourth-order valence-corrected chi connectivity index (χ4v) is 3.91. The molecule has 144 valence electrons. The van der Waals surface area contributed by atoms with Crippen molar-refractivity contribution < 1.29 is 9.53 Å². The Balaban J connectivity index is 1.98. The lowest BCUT2D eigenvalue weighted by atomic mass is 9.90. The fourth-order valence-electron chi connectivity index (χ4n) is 2.00. The quantitative estimate of drug-likeness (QED) is 0.644. The molecule has 0 aliphatic heterocycles. The van der Waals surface area contributed by atoms with E-state index in [2.05, 4.69) is 26.9 Å². The smallest absolute Gasteiger partial charge is 0.234 e. The molecule has 2 aromatic rings. The van der Waals surface area contributed by atoms with Crippen molar-refractivity contribution in [3.05, 3.63) is 24.3 Å². The number of thioether (sulfide) groups is 1. The number of ether oxygens (including phenoxy) is 1. The highest BCUT2D eigenvalue weighted by Crippen LogP contribution is 2.31. The van der Waals surface area contributed by atoms with Gasteiger partial charge in [-0.25, -0.2) is 0 Å². The number of methoxy groups -OCH3 is 1. The third kappa shape index (κ3) is 5.58. The Morgan fingerprint density at radius 2 is 2.11 bits per heavy atom. The second-order valence-electron chi connectivity index (χ2n) is 6.45. The molecule has 0 unspecified atom stereocenters. The highest BCUT2D eigenvalue weighted by molar-refractivity contribution is 8.02. The van der Waals surface area contributed by atoms with Crippen molar-refractivity contribution in [3.8, 4) is 11.8 Å². The van der Waals surface area contributed by atoms with Gasteiger partial charge in [0.1, 0.15) is 11.3 Å². The summed E-state index contributed by atoms with van der Waals surface area (Å²) < 4.78 is 5.87. The topological polar surface area (TPSA) is 99.9 Å². The maximum absolute atomic E-state index is 12.4. The van der Waals surface area contributed by atoms with Crippen LogP contribution in [0.15, 0.2) is 28.6 Å². The summed E-state index contributed by atoms with van der Waals surface area (Å²) in [6.07, 6.45) is 0. The van der Waals surface area contributed by atoms with E-state index < -0.39 is 10.8 Å². The fraction of sp³-hybridized carbons (Fsp3) is 0.444. The maximum atomic E-state index is 12.4. The Labute approximate surface area is 167 Å². The average molecular weight is 406 g/mol. The van der Waals surface area contributed by atoms with Gasteiger partial charge in [-0.05, 0) is 31.9 Å². The van der Waals surface area contributed by atoms with Gasteiger partial charge in [0.15, 0.2) is 4.34 Å². The van der Waals surface area contributed by atoms with Crippen LogP contribution in [0.1, 0.15) is 27.7 Å². The van der Waals surface area contributed by atoms with E-state index in [0.717, 1.165) is 11.4 Å². The van der Waals surface area contributed by atoms with Crippen molar-refractivity contribution in [2.24, 2.45) is 5.92 Å². The molecule has 0 saturated heterocycles. The second-order valence-corrected chi connectivity index (χ2v) is 9.01. The molecule has 27 heavy (non-hydrogen) atoms. The van der Waals surface area contributed by atoms with Crippen LogP contribution in [-0.2, 0) is 4.79 Å². The number of hydrogen-bond donors (Lipinski definition) is 2. The molecule has 1 amide bonds. The minimum Gasteiger partial charge on any atom is -0.497 e. The normalized spacial score (nSPS) is 14.1. The van der Waals surface area contributed by atoms with Gasteiger partial charge in [-0.15, -0.1) is 10.2 Å². The van der Waals surface area contributed by atoms with Gasteiger partial charge in [0.25, 0.3) is 0 Å². The van der Waals surface area contributed by atoms with E-state index in [-0.39, 0.29) is 11.8 Å². The number of nitrogens with zero attached hydrogens (tertiary/aromatic N) is 3. The van der Waals surface area contributed by atoms with Crippen molar-refractivity contribution in [1.29, 1.82) is 5.26 Å². The van der Waals surface area contributed by atoms with Crippen molar-refractivity contribution >= 4 is 39.8 Å². The number of nitriles is 1. The number of aromatic nitrogens is 2. The molecule has 0 aliphatic carbocycles. The molecule has 2 rings (SSSR count). The summed E-state index contributed by atoms with van der Waals surface area (Å²) in [6, 6.07) is 9.69. The highest BCUT2D eigenvalue weighted by Gasteiger charge is 2.32. The third-order valence-corrected chi connectivity index (χ3v) is 6.17. The maximum Gasteiger partial charge on any atom is 0.234 e. The predicted molar refractivity (Wildman–Crippen MR) is 109 cm³/mol. The van der Waals surface area contributed by atoms with Crippen LogP contribution in [0.3, 0.4) is 0 Å². The molecule has 0 radical (unpaired) electrons. The zero-order valence-electron chi connectivity index (χ0n) is 15.9. The van der Waals surface area contributed by atoms with Crippen LogP contribution >= 0.6 is 23.1 Å². The molecule has 0 fully saturated rings. The summed E-state index contributed by atoms with van der Waals surface area (Å²) >= 11 is 2.67. The predicted octanol–water partition coefficient (Wildman–Crippen LogP) is 3.83. The summed E-state index contributed by atoms with van der Waals surface area (Å²) in [7, 11) is 1.61. The van der Waals surface area contributed by atoms with E-state index in [0.29, 0.717) is 9.47 Å². The highest BCUT2D eigenvalue weighted by atomic mass is 32.2. The minimum atomic E-state index is -0.897. The molecule has 7 nitrogen and oxygen atoms in total. The second kappa shape index (κ2) is 9.06. The standard InChI is InChI=1S/C18H23N5O2S2/c1-11(2)18(4,10-19)21-15(24)12(3)26-17-23-22-16(27-17)20-13-7-6-8-14(9-13)25-5/h6-9,11-12H,1-5H3,(H,20,22)(H,21,24)/t12-,18-/m0/s1. The largest absolute Gasteiger partial charge is 0.497 e. The summed E-state index contributed by atoms with van der Waals surface area (Å²) in [6.45, 7) is 7.33. The number of rotatable bonds is 8. The molecular weight excluding hydrogens is 382 g/mol. The zero-order chi connectivity index (χ0) is 20.0. The number of benzene rings is 1. The monoisotopic (exact) mass is 405 g/mol. The van der Waals surface area contributed by atoms with Crippen LogP contribution in [0.25, 0.3) is 0 Å². The lowest BCUT2D eigenvalue weighted by molar-refractivity contribution is -0.121. The van der Waals surface area contributed by atoms with Gasteiger partial charge in [0.2, 0.25) is 11.0 Å². The minimum absolute atomic E-state index is 0.00356. The first kappa shape index (κ1) is 21.0. The lowest BCUT2D eigenvalue weighted by Crippen LogP contribution is -2.51. The summed E-state index contributed by atoms with van der Waals surface area (Å²) in [5.41, 5.74) is -0.0545.